The van der Waals surface area contributed by atoms with Crippen LogP contribution in [0.1, 0.15) is 11.1 Å². The molecule has 98 valence electrons. The van der Waals surface area contributed by atoms with Crippen molar-refractivity contribution in [2.75, 3.05) is 37.6 Å². The third-order valence-corrected chi connectivity index (χ3v) is 3.61. The van der Waals surface area contributed by atoms with E-state index in [1.165, 1.54) is 11.1 Å². The van der Waals surface area contributed by atoms with Gasteiger partial charge in [0.05, 0.1) is 6.54 Å². The molecular formula is C14H21N3O. The maximum absolute atomic E-state index is 12.2. The monoisotopic (exact) mass is 247 g/mol. The van der Waals surface area contributed by atoms with E-state index in [-0.39, 0.29) is 5.91 Å². The fourth-order valence-electron chi connectivity index (χ4n) is 2.38. The summed E-state index contributed by atoms with van der Waals surface area (Å²) >= 11 is 0. The van der Waals surface area contributed by atoms with Crippen LogP contribution in [0.5, 0.6) is 0 Å². The number of aryl methyl sites for hydroxylation is 1. The first-order valence-corrected chi connectivity index (χ1v) is 6.42. The van der Waals surface area contributed by atoms with Crippen molar-refractivity contribution in [2.45, 2.75) is 13.8 Å². The van der Waals surface area contributed by atoms with Gasteiger partial charge in [0, 0.05) is 31.9 Å². The first-order valence-electron chi connectivity index (χ1n) is 6.42. The zero-order valence-electron chi connectivity index (χ0n) is 11.1. The minimum atomic E-state index is 0.170. The van der Waals surface area contributed by atoms with E-state index in [4.69, 9.17) is 5.73 Å². The minimum Gasteiger partial charge on any atom is -0.329 e. The number of hydrogen-bond donors (Lipinski definition) is 1. The Morgan fingerprint density at radius 3 is 2.72 bits per heavy atom. The van der Waals surface area contributed by atoms with Crippen molar-refractivity contribution in [3.8, 4) is 0 Å². The number of hydrogen-bond acceptors (Lipinski definition) is 3. The van der Waals surface area contributed by atoms with E-state index in [9.17, 15) is 4.79 Å². The Labute approximate surface area is 108 Å². The van der Waals surface area contributed by atoms with Gasteiger partial charge in [0.15, 0.2) is 0 Å². The molecule has 0 aliphatic carbocycles. The summed E-state index contributed by atoms with van der Waals surface area (Å²) in [7, 11) is 0. The smallest absolute Gasteiger partial charge is 0.241 e. The molecule has 0 bridgehead atoms. The van der Waals surface area contributed by atoms with Gasteiger partial charge >= 0.3 is 0 Å². The van der Waals surface area contributed by atoms with Gasteiger partial charge in [-0.25, -0.2) is 0 Å². The van der Waals surface area contributed by atoms with Crippen LogP contribution in [0.2, 0.25) is 0 Å². The van der Waals surface area contributed by atoms with Crippen molar-refractivity contribution in [1.29, 1.82) is 0 Å². The van der Waals surface area contributed by atoms with E-state index < -0.39 is 0 Å². The number of amides is 1. The Morgan fingerprint density at radius 2 is 2.06 bits per heavy atom. The summed E-state index contributed by atoms with van der Waals surface area (Å²) in [5.41, 5.74) is 9.00. The number of piperazine rings is 1. The SMILES string of the molecule is Cc1cccc(N2CCN(CCN)CC2=O)c1C. The molecule has 1 saturated heterocycles. The molecule has 1 aromatic carbocycles. The Morgan fingerprint density at radius 1 is 1.28 bits per heavy atom. The van der Waals surface area contributed by atoms with Gasteiger partial charge in [0.25, 0.3) is 0 Å². The maximum Gasteiger partial charge on any atom is 0.241 e. The van der Waals surface area contributed by atoms with E-state index in [2.05, 4.69) is 24.8 Å². The lowest BCUT2D eigenvalue weighted by Gasteiger charge is -2.35. The van der Waals surface area contributed by atoms with Gasteiger partial charge in [0.2, 0.25) is 5.91 Å². The van der Waals surface area contributed by atoms with Gasteiger partial charge in [-0.15, -0.1) is 0 Å². The topological polar surface area (TPSA) is 49.6 Å². The summed E-state index contributed by atoms with van der Waals surface area (Å²) in [6, 6.07) is 6.12. The van der Waals surface area contributed by atoms with Gasteiger partial charge in [0.1, 0.15) is 0 Å². The van der Waals surface area contributed by atoms with Crippen LogP contribution >= 0.6 is 0 Å². The molecule has 0 atom stereocenters. The molecule has 18 heavy (non-hydrogen) atoms. The number of benzene rings is 1. The van der Waals surface area contributed by atoms with Gasteiger partial charge in [-0.1, -0.05) is 12.1 Å². The second-order valence-corrected chi connectivity index (χ2v) is 4.83. The second kappa shape index (κ2) is 5.50. The predicted molar refractivity (Wildman–Crippen MR) is 73.8 cm³/mol. The predicted octanol–water partition coefficient (Wildman–Crippen LogP) is 0.911. The van der Waals surface area contributed by atoms with Crippen LogP contribution < -0.4 is 10.6 Å². The first kappa shape index (κ1) is 13.1. The summed E-state index contributed by atoms with van der Waals surface area (Å²) in [6.07, 6.45) is 0. The van der Waals surface area contributed by atoms with Crippen LogP contribution in [0, 0.1) is 13.8 Å². The zero-order valence-corrected chi connectivity index (χ0v) is 11.1. The molecule has 0 spiro atoms. The molecule has 0 aromatic heterocycles. The molecule has 1 amide bonds. The largest absolute Gasteiger partial charge is 0.329 e. The van der Waals surface area contributed by atoms with Gasteiger partial charge in [-0.2, -0.15) is 0 Å². The highest BCUT2D eigenvalue weighted by Gasteiger charge is 2.25. The highest BCUT2D eigenvalue weighted by Crippen LogP contribution is 2.24. The summed E-state index contributed by atoms with van der Waals surface area (Å²) in [5, 5.41) is 0. The van der Waals surface area contributed by atoms with Crippen LogP contribution in [0.15, 0.2) is 18.2 Å². The fourth-order valence-corrected chi connectivity index (χ4v) is 2.38. The number of anilines is 1. The second-order valence-electron chi connectivity index (χ2n) is 4.83. The Balaban J connectivity index is 2.16. The van der Waals surface area contributed by atoms with Crippen LogP contribution in [-0.4, -0.2) is 43.5 Å². The van der Waals surface area contributed by atoms with Crippen molar-refractivity contribution in [3.63, 3.8) is 0 Å². The average Bonchev–Trinajstić information content (AvgIpc) is 2.34. The maximum atomic E-state index is 12.2. The van der Waals surface area contributed by atoms with Crippen molar-refractivity contribution in [1.82, 2.24) is 4.90 Å². The quantitative estimate of drug-likeness (QED) is 0.864. The standard InChI is InChI=1S/C14H21N3O/c1-11-4-3-5-13(12(11)2)17-9-8-16(7-6-15)10-14(17)18/h3-5H,6-10,15H2,1-2H3. The van der Waals surface area contributed by atoms with Crippen molar-refractivity contribution >= 4 is 11.6 Å². The van der Waals surface area contributed by atoms with Crippen LogP contribution in [0.4, 0.5) is 5.69 Å². The summed E-state index contributed by atoms with van der Waals surface area (Å²) in [4.78, 5) is 16.2. The van der Waals surface area contributed by atoms with E-state index >= 15 is 0 Å². The van der Waals surface area contributed by atoms with E-state index in [0.717, 1.165) is 25.3 Å². The Bertz CT molecular complexity index is 445. The number of rotatable bonds is 3. The molecule has 0 unspecified atom stereocenters. The average molecular weight is 247 g/mol. The van der Waals surface area contributed by atoms with Crippen LogP contribution in [0.3, 0.4) is 0 Å². The molecular weight excluding hydrogens is 226 g/mol. The molecule has 1 fully saturated rings. The molecule has 2 N–H and O–H groups in total. The summed E-state index contributed by atoms with van der Waals surface area (Å²) in [5.74, 6) is 0.170. The Hall–Kier alpha value is -1.39. The molecule has 0 radical (unpaired) electrons. The normalized spacial score (nSPS) is 17.3. The third-order valence-electron chi connectivity index (χ3n) is 3.61. The highest BCUT2D eigenvalue weighted by atomic mass is 16.2. The molecule has 1 aliphatic rings. The third kappa shape index (κ3) is 2.54. The zero-order chi connectivity index (χ0) is 13.1. The molecule has 1 aliphatic heterocycles. The lowest BCUT2D eigenvalue weighted by molar-refractivity contribution is -0.121. The van der Waals surface area contributed by atoms with Crippen LogP contribution in [-0.2, 0) is 4.79 Å². The highest BCUT2D eigenvalue weighted by molar-refractivity contribution is 5.96. The molecule has 1 heterocycles. The van der Waals surface area contributed by atoms with E-state index in [1.807, 2.05) is 17.0 Å². The fraction of sp³-hybridized carbons (Fsp3) is 0.500. The van der Waals surface area contributed by atoms with Gasteiger partial charge < -0.3 is 10.6 Å². The summed E-state index contributed by atoms with van der Waals surface area (Å²) < 4.78 is 0. The van der Waals surface area contributed by atoms with Crippen molar-refractivity contribution in [2.24, 2.45) is 5.73 Å². The first-order chi connectivity index (χ1) is 8.63. The number of carbonyl (C=O) groups excluding carboxylic acids is 1. The van der Waals surface area contributed by atoms with E-state index in [0.29, 0.717) is 13.1 Å². The van der Waals surface area contributed by atoms with Crippen molar-refractivity contribution < 1.29 is 4.79 Å². The number of nitrogens with zero attached hydrogens (tertiary/aromatic N) is 2. The minimum absolute atomic E-state index is 0.170. The Kier molecular flexibility index (Phi) is 3.99. The molecule has 2 rings (SSSR count). The summed E-state index contributed by atoms with van der Waals surface area (Å²) in [6.45, 7) is 7.69. The van der Waals surface area contributed by atoms with Crippen LogP contribution in [0.25, 0.3) is 0 Å². The van der Waals surface area contributed by atoms with Crippen molar-refractivity contribution in [3.05, 3.63) is 29.3 Å². The molecule has 4 heteroatoms. The number of carbonyl (C=O) groups is 1. The lowest BCUT2D eigenvalue weighted by Crippen LogP contribution is -2.51. The van der Waals surface area contributed by atoms with Gasteiger partial charge in [-0.3, -0.25) is 9.69 Å². The number of nitrogens with two attached hydrogens (primary N) is 1. The van der Waals surface area contributed by atoms with Gasteiger partial charge in [-0.05, 0) is 31.0 Å². The lowest BCUT2D eigenvalue weighted by atomic mass is 10.1. The molecule has 1 aromatic rings. The molecule has 4 nitrogen and oxygen atoms in total. The molecule has 0 saturated carbocycles. The van der Waals surface area contributed by atoms with E-state index in [1.54, 1.807) is 0 Å².